The van der Waals surface area contributed by atoms with Crippen LogP contribution in [0.15, 0.2) is 152 Å². The van der Waals surface area contributed by atoms with Crippen LogP contribution in [-0.4, -0.2) is 46.0 Å². The molecule has 1 aromatic heterocycles. The number of benzene rings is 8. The minimum atomic E-state index is -0.319. The molecule has 0 unspecified atom stereocenters. The molecule has 52 heavy (non-hydrogen) atoms. The summed E-state index contributed by atoms with van der Waals surface area (Å²) in [7, 11) is 25.4. The number of phenolic OH excluding ortho intramolecular Hbond substituents is 1. The van der Waals surface area contributed by atoms with Gasteiger partial charge in [0.05, 0.1) is 11.0 Å². The molecule has 1 N–H and O–H groups in total. The molecule has 0 spiro atoms. The fourth-order valence-electron chi connectivity index (χ4n) is 7.53. The number of aromatic nitrogens is 2. The number of aromatic hydroxyl groups is 1. The lowest BCUT2D eigenvalue weighted by atomic mass is 9.66. The summed E-state index contributed by atoms with van der Waals surface area (Å²) in [5, 5.41) is 15.5. The van der Waals surface area contributed by atoms with Crippen LogP contribution in [0.2, 0.25) is 0 Å². The molecule has 0 saturated carbocycles. The van der Waals surface area contributed by atoms with Gasteiger partial charge in [-0.25, -0.2) is 4.98 Å². The van der Waals surface area contributed by atoms with E-state index >= 15 is 0 Å². The fourth-order valence-corrected chi connectivity index (χ4v) is 7.53. The number of rotatable bonds is 5. The van der Waals surface area contributed by atoms with Gasteiger partial charge in [-0.1, -0.05) is 132 Å². The Morgan fingerprint density at radius 1 is 0.423 bits per heavy atom. The molecule has 7 heteroatoms. The topological polar surface area (TPSA) is 38.1 Å². The predicted octanol–water partition coefficient (Wildman–Crippen LogP) is 6.88. The van der Waals surface area contributed by atoms with Gasteiger partial charge in [0, 0.05) is 11.3 Å². The Hall–Kier alpha value is -6.19. The Morgan fingerprint density at radius 3 is 1.75 bits per heavy atom. The summed E-state index contributed by atoms with van der Waals surface area (Å²) in [5.41, 5.74) is 9.69. The van der Waals surface area contributed by atoms with E-state index in [4.69, 9.17) is 36.4 Å². The Balaban J connectivity index is 1.35. The van der Waals surface area contributed by atoms with Gasteiger partial charge >= 0.3 is 0 Å². The zero-order chi connectivity index (χ0) is 35.5. The van der Waals surface area contributed by atoms with Crippen molar-refractivity contribution in [3.63, 3.8) is 0 Å². The maximum absolute atomic E-state index is 10.9. The SMILES string of the molecule is [B]c1c([B])c(O)c([B])c(-c2nc3ccccc3n2-c2cccc(-c3c4ccccc4c(-c4ccccc4)c4cc(-c5ccccc5)ccc34)c2)c1[B]. The van der Waals surface area contributed by atoms with Crippen molar-refractivity contribution in [3.8, 4) is 56.2 Å². The number of phenols is 1. The first-order chi connectivity index (χ1) is 25.4. The van der Waals surface area contributed by atoms with Crippen molar-refractivity contribution >= 4 is 85.8 Å². The number of nitrogens with zero attached hydrogens (tertiary/aromatic N) is 2. The molecule has 1 heterocycles. The van der Waals surface area contributed by atoms with E-state index in [9.17, 15) is 5.11 Å². The Bertz CT molecular complexity index is 2820. The third-order valence-electron chi connectivity index (χ3n) is 10.0. The molecule has 0 atom stereocenters. The van der Waals surface area contributed by atoms with Crippen LogP contribution < -0.4 is 21.9 Å². The van der Waals surface area contributed by atoms with E-state index in [1.165, 1.54) is 5.56 Å². The molecular weight excluding hydrogens is 628 g/mol. The molecule has 0 aliphatic rings. The van der Waals surface area contributed by atoms with Crippen LogP contribution in [0.4, 0.5) is 0 Å². The van der Waals surface area contributed by atoms with Gasteiger partial charge in [0.2, 0.25) is 0 Å². The molecule has 234 valence electrons. The zero-order valence-corrected chi connectivity index (χ0v) is 28.1. The maximum atomic E-state index is 10.9. The molecule has 0 amide bonds. The maximum Gasteiger partial charge on any atom is 0.144 e. The molecule has 0 aliphatic carbocycles. The molecule has 0 saturated heterocycles. The number of hydrogen-bond acceptors (Lipinski definition) is 2. The highest BCUT2D eigenvalue weighted by atomic mass is 16.3. The van der Waals surface area contributed by atoms with Crippen LogP contribution in [0, 0.1) is 0 Å². The van der Waals surface area contributed by atoms with E-state index in [0.717, 1.165) is 66.1 Å². The largest absolute Gasteiger partial charge is 0.509 e. The van der Waals surface area contributed by atoms with Gasteiger partial charge in [0.1, 0.15) is 43.0 Å². The number of para-hydroxylation sites is 2. The van der Waals surface area contributed by atoms with Crippen LogP contribution in [-0.2, 0) is 0 Å². The summed E-state index contributed by atoms with van der Waals surface area (Å²) in [6.45, 7) is 0. The van der Waals surface area contributed by atoms with E-state index in [1.54, 1.807) is 0 Å². The number of imidazole rings is 1. The van der Waals surface area contributed by atoms with E-state index < -0.39 is 0 Å². The standard InChI is InChI=1S/C45H26B4N2O/c46-40-39(41(47)44(52)43(49)42(40)48)45-50-35-20-9-10-21-36(35)51(45)30-17-11-16-29(24-30)38-32-19-8-7-18-31(32)37(27-14-5-2-6-15-27)34-25-28(22-23-33(34)38)26-12-3-1-4-13-26/h1-25,52H. The van der Waals surface area contributed by atoms with Gasteiger partial charge in [-0.2, -0.15) is 0 Å². The lowest BCUT2D eigenvalue weighted by Crippen LogP contribution is -2.44. The number of fused-ring (bicyclic) bond motifs is 3. The molecule has 9 rings (SSSR count). The summed E-state index contributed by atoms with van der Waals surface area (Å²) < 4.78 is 2.01. The molecule has 8 radical (unpaired) electrons. The molecule has 9 aromatic rings. The quantitative estimate of drug-likeness (QED) is 0.163. The lowest BCUT2D eigenvalue weighted by molar-refractivity contribution is 0.484. The average Bonchev–Trinajstić information content (AvgIpc) is 3.58. The second kappa shape index (κ2) is 12.5. The van der Waals surface area contributed by atoms with Crippen LogP contribution in [0.1, 0.15) is 0 Å². The monoisotopic (exact) mass is 654 g/mol. The first-order valence-corrected chi connectivity index (χ1v) is 17.0. The minimum Gasteiger partial charge on any atom is -0.509 e. The summed E-state index contributed by atoms with van der Waals surface area (Å²) in [5.74, 6) is 0.123. The fraction of sp³-hybridized carbons (Fsp3) is 0. The van der Waals surface area contributed by atoms with Crippen molar-refractivity contribution in [2.75, 3.05) is 0 Å². The highest BCUT2D eigenvalue weighted by Crippen LogP contribution is 2.45. The summed E-state index contributed by atoms with van der Waals surface area (Å²) in [4.78, 5) is 4.97. The van der Waals surface area contributed by atoms with Crippen LogP contribution in [0.25, 0.3) is 83.0 Å². The third-order valence-corrected chi connectivity index (χ3v) is 10.0. The second-order valence-electron chi connectivity index (χ2n) is 13.0. The second-order valence-corrected chi connectivity index (χ2v) is 13.0. The van der Waals surface area contributed by atoms with E-state index in [1.807, 2.05) is 41.0 Å². The molecule has 0 fully saturated rings. The van der Waals surface area contributed by atoms with Gasteiger partial charge in [-0.05, 0) is 90.7 Å². The Labute approximate surface area is 307 Å². The van der Waals surface area contributed by atoms with Gasteiger partial charge in [0.25, 0.3) is 0 Å². The van der Waals surface area contributed by atoms with Crippen molar-refractivity contribution in [2.24, 2.45) is 0 Å². The molecule has 0 aliphatic heterocycles. The van der Waals surface area contributed by atoms with Gasteiger partial charge in [0.15, 0.2) is 0 Å². The van der Waals surface area contributed by atoms with Crippen molar-refractivity contribution in [1.29, 1.82) is 0 Å². The van der Waals surface area contributed by atoms with Gasteiger partial charge < -0.3 is 5.11 Å². The molecule has 0 bridgehead atoms. The normalized spacial score (nSPS) is 11.5. The highest BCUT2D eigenvalue weighted by Gasteiger charge is 2.23. The smallest absolute Gasteiger partial charge is 0.144 e. The van der Waals surface area contributed by atoms with Crippen molar-refractivity contribution < 1.29 is 5.11 Å². The van der Waals surface area contributed by atoms with Crippen molar-refractivity contribution in [1.82, 2.24) is 9.55 Å². The van der Waals surface area contributed by atoms with Crippen LogP contribution in [0.3, 0.4) is 0 Å². The van der Waals surface area contributed by atoms with Crippen LogP contribution >= 0.6 is 0 Å². The summed E-state index contributed by atoms with van der Waals surface area (Å²) in [6, 6.07) is 52.7. The highest BCUT2D eigenvalue weighted by molar-refractivity contribution is 6.62. The number of hydrogen-bond donors (Lipinski definition) is 1. The first kappa shape index (κ1) is 31.8. The summed E-state index contributed by atoms with van der Waals surface area (Å²) >= 11 is 0. The first-order valence-electron chi connectivity index (χ1n) is 17.0. The molecule has 8 aromatic carbocycles. The van der Waals surface area contributed by atoms with Crippen molar-refractivity contribution in [2.45, 2.75) is 0 Å². The van der Waals surface area contributed by atoms with Gasteiger partial charge in [-0.15, -0.1) is 5.46 Å². The predicted molar refractivity (Wildman–Crippen MR) is 221 cm³/mol. The minimum absolute atomic E-state index is 0.0135. The van der Waals surface area contributed by atoms with Gasteiger partial charge in [-0.3, -0.25) is 4.57 Å². The van der Waals surface area contributed by atoms with E-state index in [2.05, 4.69) is 115 Å². The third kappa shape index (κ3) is 4.99. The van der Waals surface area contributed by atoms with E-state index in [-0.39, 0.29) is 27.6 Å². The lowest BCUT2D eigenvalue weighted by Gasteiger charge is -2.21. The molecular formula is C45H26B4N2O. The molecule has 3 nitrogen and oxygen atoms in total. The van der Waals surface area contributed by atoms with E-state index in [0.29, 0.717) is 11.4 Å². The average molecular weight is 654 g/mol. The summed E-state index contributed by atoms with van der Waals surface area (Å²) in [6.07, 6.45) is 0. The van der Waals surface area contributed by atoms with Crippen LogP contribution in [0.5, 0.6) is 5.75 Å². The Morgan fingerprint density at radius 2 is 1.02 bits per heavy atom. The Kier molecular flexibility index (Phi) is 7.66. The zero-order valence-electron chi connectivity index (χ0n) is 28.1. The van der Waals surface area contributed by atoms with Crippen molar-refractivity contribution in [3.05, 3.63) is 152 Å².